The Balaban J connectivity index is 1.37. The number of H-pyrrole nitrogens is 1. The van der Waals surface area contributed by atoms with Crippen molar-refractivity contribution in [3.8, 4) is 17.6 Å². The molecule has 11 nitrogen and oxygen atoms in total. The van der Waals surface area contributed by atoms with Crippen LogP contribution < -0.4 is 16.2 Å². The number of pyridine rings is 1. The fourth-order valence-electron chi connectivity index (χ4n) is 4.66. The Morgan fingerprint density at radius 1 is 1.12 bits per heavy atom. The monoisotopic (exact) mass is 594 g/mol. The molecule has 5 rings (SSSR count). The average Bonchev–Trinajstić information content (AvgIpc) is 3.44. The van der Waals surface area contributed by atoms with E-state index in [9.17, 15) is 13.8 Å². The van der Waals surface area contributed by atoms with E-state index >= 15 is 0 Å². The lowest BCUT2D eigenvalue weighted by Crippen LogP contribution is -2.34. The number of nitrogens with zero attached hydrogens (tertiary/aromatic N) is 5. The largest absolute Gasteiger partial charge is 0.379 e. The van der Waals surface area contributed by atoms with Gasteiger partial charge in [-0.2, -0.15) is 5.26 Å². The summed E-state index contributed by atoms with van der Waals surface area (Å²) in [6.45, 7) is 0.525. The number of amides is 1. The highest BCUT2D eigenvalue weighted by Crippen LogP contribution is 2.21. The van der Waals surface area contributed by atoms with Crippen LogP contribution in [-0.2, 0) is 34.0 Å². The SMILES string of the molecule is CS(=O)(=NC#N)c1ccc(-c2ncc(NCCCc3ccccc3)c(=O)n2CC(=O)NCc2cc3cnccc3[nH]2)cc1. The number of aromatic amines is 1. The van der Waals surface area contributed by atoms with Gasteiger partial charge in [0.2, 0.25) is 12.1 Å². The number of nitrogens with one attached hydrogen (secondary N) is 3. The molecule has 2 aromatic carbocycles. The Hall–Kier alpha value is -5.28. The van der Waals surface area contributed by atoms with Crippen molar-refractivity contribution in [3.05, 3.63) is 107 Å². The summed E-state index contributed by atoms with van der Waals surface area (Å²) in [6.07, 6.45) is 9.52. The van der Waals surface area contributed by atoms with Gasteiger partial charge in [-0.3, -0.25) is 19.1 Å². The van der Waals surface area contributed by atoms with Gasteiger partial charge >= 0.3 is 0 Å². The van der Waals surface area contributed by atoms with Crippen molar-refractivity contribution in [1.29, 1.82) is 5.26 Å². The van der Waals surface area contributed by atoms with Gasteiger partial charge in [-0.15, -0.1) is 4.36 Å². The Labute approximate surface area is 248 Å². The summed E-state index contributed by atoms with van der Waals surface area (Å²) in [4.78, 5) is 39.0. The predicted molar refractivity (Wildman–Crippen MR) is 165 cm³/mol. The second-order valence-electron chi connectivity index (χ2n) is 9.96. The summed E-state index contributed by atoms with van der Waals surface area (Å²) >= 11 is 0. The molecule has 3 heterocycles. The Morgan fingerprint density at radius 2 is 1.91 bits per heavy atom. The van der Waals surface area contributed by atoms with Gasteiger partial charge in [0.25, 0.3) is 5.56 Å². The molecule has 0 saturated carbocycles. The normalized spacial score (nSPS) is 12.3. The van der Waals surface area contributed by atoms with E-state index < -0.39 is 9.73 Å². The number of anilines is 1. The van der Waals surface area contributed by atoms with Crippen LogP contribution >= 0.6 is 0 Å². The van der Waals surface area contributed by atoms with Crippen LogP contribution in [0.1, 0.15) is 17.7 Å². The first-order chi connectivity index (χ1) is 20.8. The fraction of sp³-hybridized carbons (Fsp3) is 0.194. The van der Waals surface area contributed by atoms with Crippen molar-refractivity contribution in [3.63, 3.8) is 0 Å². The summed E-state index contributed by atoms with van der Waals surface area (Å²) < 4.78 is 17.5. The maximum atomic E-state index is 13.6. The minimum Gasteiger partial charge on any atom is -0.379 e. The van der Waals surface area contributed by atoms with Crippen LogP contribution in [0.25, 0.3) is 22.3 Å². The van der Waals surface area contributed by atoms with E-state index in [1.54, 1.807) is 42.9 Å². The molecule has 43 heavy (non-hydrogen) atoms. The van der Waals surface area contributed by atoms with Crippen molar-refractivity contribution in [1.82, 2.24) is 24.8 Å². The summed E-state index contributed by atoms with van der Waals surface area (Å²) in [5.41, 5.74) is 3.36. The van der Waals surface area contributed by atoms with Gasteiger partial charge in [0.1, 0.15) is 18.1 Å². The van der Waals surface area contributed by atoms with Gasteiger partial charge in [-0.05, 0) is 42.7 Å². The molecule has 0 saturated heterocycles. The van der Waals surface area contributed by atoms with Crippen LogP contribution in [0.3, 0.4) is 0 Å². The highest BCUT2D eigenvalue weighted by molar-refractivity contribution is 7.93. The van der Waals surface area contributed by atoms with Crippen LogP contribution in [0.4, 0.5) is 5.69 Å². The Bertz CT molecular complexity index is 1940. The first kappa shape index (κ1) is 29.2. The molecule has 3 N–H and O–H groups in total. The molecule has 0 aliphatic heterocycles. The van der Waals surface area contributed by atoms with Crippen molar-refractivity contribution in [2.75, 3.05) is 18.1 Å². The summed E-state index contributed by atoms with van der Waals surface area (Å²) in [6, 6.07) is 20.3. The van der Waals surface area contributed by atoms with Crippen molar-refractivity contribution in [2.45, 2.75) is 30.8 Å². The molecule has 0 spiro atoms. The third-order valence-corrected chi connectivity index (χ3v) is 8.44. The van der Waals surface area contributed by atoms with Crippen molar-refractivity contribution in [2.24, 2.45) is 4.36 Å². The van der Waals surface area contributed by atoms with Crippen molar-refractivity contribution >= 4 is 32.2 Å². The molecule has 0 aliphatic carbocycles. The third kappa shape index (κ3) is 7.14. The van der Waals surface area contributed by atoms with E-state index in [2.05, 4.69) is 42.1 Å². The lowest BCUT2D eigenvalue weighted by atomic mass is 10.1. The number of aromatic nitrogens is 4. The zero-order valence-corrected chi connectivity index (χ0v) is 24.3. The van der Waals surface area contributed by atoms with Crippen LogP contribution in [0.15, 0.2) is 99.4 Å². The van der Waals surface area contributed by atoms with Gasteiger partial charge in [-0.1, -0.05) is 42.5 Å². The van der Waals surface area contributed by atoms with Gasteiger partial charge in [0.15, 0.2) is 0 Å². The number of hydrogen-bond acceptors (Lipinski definition) is 8. The lowest BCUT2D eigenvalue weighted by molar-refractivity contribution is -0.121. The number of fused-ring (bicyclic) bond motifs is 1. The highest BCUT2D eigenvalue weighted by Gasteiger charge is 2.16. The molecule has 3 aromatic heterocycles. The number of rotatable bonds is 11. The minimum atomic E-state index is -2.89. The first-order valence-electron chi connectivity index (χ1n) is 13.6. The number of nitriles is 1. The molecule has 5 aromatic rings. The Kier molecular flexibility index (Phi) is 8.93. The fourth-order valence-corrected chi connectivity index (χ4v) is 5.56. The van der Waals surface area contributed by atoms with Gasteiger partial charge < -0.3 is 15.6 Å². The van der Waals surface area contributed by atoms with Gasteiger partial charge in [0.05, 0.1) is 22.5 Å². The lowest BCUT2D eigenvalue weighted by Gasteiger charge is -2.15. The number of aryl methyl sites for hydroxylation is 1. The molecule has 0 aliphatic rings. The molecule has 218 valence electrons. The Morgan fingerprint density at radius 3 is 2.65 bits per heavy atom. The number of benzene rings is 2. The zero-order valence-electron chi connectivity index (χ0n) is 23.5. The first-order valence-corrected chi connectivity index (χ1v) is 15.5. The molecule has 1 atom stereocenters. The maximum Gasteiger partial charge on any atom is 0.277 e. The molecule has 1 amide bonds. The molecule has 0 radical (unpaired) electrons. The van der Waals surface area contributed by atoms with Gasteiger partial charge in [0, 0.05) is 52.3 Å². The topological polar surface area (TPSA) is 158 Å². The van der Waals surface area contributed by atoms with Gasteiger partial charge in [-0.25, -0.2) is 9.19 Å². The van der Waals surface area contributed by atoms with Crippen LogP contribution in [0.5, 0.6) is 0 Å². The van der Waals surface area contributed by atoms with E-state index in [0.29, 0.717) is 17.0 Å². The number of carbonyl (C=O) groups is 1. The number of carbonyl (C=O) groups excluding carboxylic acids is 1. The second-order valence-corrected chi connectivity index (χ2v) is 12.2. The van der Waals surface area contributed by atoms with E-state index in [1.807, 2.05) is 30.3 Å². The average molecular weight is 595 g/mol. The van der Waals surface area contributed by atoms with Crippen LogP contribution in [0, 0.1) is 11.5 Å². The molecule has 1 unspecified atom stereocenters. The molecule has 0 bridgehead atoms. The molecule has 12 heteroatoms. The van der Waals surface area contributed by atoms with E-state index in [-0.39, 0.29) is 36.1 Å². The standard InChI is InChI=1S/C31H30N8O3S/c1-43(42,37-21-32)26-11-9-23(10-12-26)30-36-19-28(34-14-5-8-22-6-3-2-4-7-22)31(41)39(30)20-29(40)35-18-25-16-24-17-33-15-13-27(24)38-25/h2-4,6-7,9-13,15-17,19,34,38H,5,8,14,18,20H2,1H3,(H,35,40). The van der Waals surface area contributed by atoms with E-state index in [0.717, 1.165) is 29.4 Å². The molecule has 0 fully saturated rings. The van der Waals surface area contributed by atoms with Crippen LogP contribution in [-0.4, -0.2) is 42.4 Å². The summed E-state index contributed by atoms with van der Waals surface area (Å²) in [5, 5.41) is 15.8. The molecular formula is C31H30N8O3S. The second kappa shape index (κ2) is 13.1. The molecular weight excluding hydrogens is 564 g/mol. The smallest absolute Gasteiger partial charge is 0.277 e. The van der Waals surface area contributed by atoms with E-state index in [1.165, 1.54) is 22.6 Å². The minimum absolute atomic E-state index is 0.240. The highest BCUT2D eigenvalue weighted by atomic mass is 32.2. The van der Waals surface area contributed by atoms with Crippen LogP contribution in [0.2, 0.25) is 0 Å². The number of hydrogen-bond donors (Lipinski definition) is 3. The maximum absolute atomic E-state index is 13.6. The third-order valence-electron chi connectivity index (χ3n) is 6.87. The van der Waals surface area contributed by atoms with E-state index in [4.69, 9.17) is 5.26 Å². The summed E-state index contributed by atoms with van der Waals surface area (Å²) in [7, 11) is -2.89. The quantitative estimate of drug-likeness (QED) is 0.154. The zero-order chi connectivity index (χ0) is 30.2. The summed E-state index contributed by atoms with van der Waals surface area (Å²) in [5.74, 6) is -0.0952. The van der Waals surface area contributed by atoms with Crippen molar-refractivity contribution < 1.29 is 9.00 Å². The predicted octanol–water partition coefficient (Wildman–Crippen LogP) is 4.09.